The van der Waals surface area contributed by atoms with Crippen LogP contribution in [0.25, 0.3) is 0 Å². The van der Waals surface area contributed by atoms with Crippen LogP contribution in [0.3, 0.4) is 0 Å². The first-order valence-corrected chi connectivity index (χ1v) is 8.92. The van der Waals surface area contributed by atoms with Crippen molar-refractivity contribution in [1.82, 2.24) is 4.72 Å². The van der Waals surface area contributed by atoms with Crippen molar-refractivity contribution < 1.29 is 18.3 Å². The highest BCUT2D eigenvalue weighted by Crippen LogP contribution is 2.06. The molecule has 2 N–H and O–H groups in total. The number of aliphatic carboxylic acids is 1. The molecule has 0 aromatic rings. The summed E-state index contributed by atoms with van der Waals surface area (Å²) in [4.78, 5) is 10.5. The molecular formula is C14H27NO4S. The van der Waals surface area contributed by atoms with Crippen LogP contribution in [-0.2, 0) is 14.8 Å². The summed E-state index contributed by atoms with van der Waals surface area (Å²) in [5.74, 6) is -0.876. The predicted octanol–water partition coefficient (Wildman–Crippen LogP) is 2.69. The van der Waals surface area contributed by atoms with E-state index in [9.17, 15) is 13.2 Å². The zero-order valence-electron chi connectivity index (χ0n) is 12.4. The highest BCUT2D eigenvalue weighted by molar-refractivity contribution is 7.89. The van der Waals surface area contributed by atoms with Crippen LogP contribution in [-0.4, -0.2) is 31.8 Å². The van der Waals surface area contributed by atoms with Crippen molar-refractivity contribution in [3.8, 4) is 0 Å². The van der Waals surface area contributed by atoms with Crippen LogP contribution in [0.4, 0.5) is 0 Å². The lowest BCUT2D eigenvalue weighted by molar-refractivity contribution is -0.132. The molecule has 0 heterocycles. The minimum absolute atomic E-state index is 0.111. The highest BCUT2D eigenvalue weighted by Gasteiger charge is 2.09. The first kappa shape index (κ1) is 19.1. The van der Waals surface area contributed by atoms with Gasteiger partial charge in [-0.15, -0.1) is 0 Å². The Kier molecular flexibility index (Phi) is 10.4. The SMILES string of the molecule is C=C(CCCNS(=O)(=O)CCCCCCCC)C(=O)O. The van der Waals surface area contributed by atoms with E-state index in [0.29, 0.717) is 19.3 Å². The van der Waals surface area contributed by atoms with Crippen LogP contribution in [0.2, 0.25) is 0 Å². The Labute approximate surface area is 122 Å². The molecule has 0 aromatic heterocycles. The molecule has 0 saturated carbocycles. The Hall–Kier alpha value is -0.880. The summed E-state index contributed by atoms with van der Waals surface area (Å²) in [5, 5.41) is 8.61. The number of sulfonamides is 1. The number of hydrogen-bond donors (Lipinski definition) is 2. The molecular weight excluding hydrogens is 278 g/mol. The van der Waals surface area contributed by atoms with Gasteiger partial charge in [0, 0.05) is 12.1 Å². The molecule has 0 atom stereocenters. The molecule has 0 radical (unpaired) electrons. The van der Waals surface area contributed by atoms with Crippen molar-refractivity contribution >= 4 is 16.0 Å². The van der Waals surface area contributed by atoms with Gasteiger partial charge >= 0.3 is 5.97 Å². The number of rotatable bonds is 13. The fourth-order valence-electron chi connectivity index (χ4n) is 1.78. The molecule has 0 aliphatic carbocycles. The lowest BCUT2D eigenvalue weighted by Gasteiger charge is -2.06. The van der Waals surface area contributed by atoms with Gasteiger partial charge < -0.3 is 5.11 Å². The zero-order valence-corrected chi connectivity index (χ0v) is 13.2. The van der Waals surface area contributed by atoms with Crippen molar-refractivity contribution in [2.45, 2.75) is 58.3 Å². The molecule has 20 heavy (non-hydrogen) atoms. The fraction of sp³-hybridized carbons (Fsp3) is 0.786. The van der Waals surface area contributed by atoms with Crippen LogP contribution >= 0.6 is 0 Å². The average Bonchev–Trinajstić information content (AvgIpc) is 2.38. The highest BCUT2D eigenvalue weighted by atomic mass is 32.2. The van der Waals surface area contributed by atoms with Crippen LogP contribution in [0.1, 0.15) is 58.3 Å². The molecule has 118 valence electrons. The summed E-state index contributed by atoms with van der Waals surface area (Å²) in [6.07, 6.45) is 7.02. The van der Waals surface area contributed by atoms with E-state index in [0.717, 1.165) is 12.8 Å². The lowest BCUT2D eigenvalue weighted by atomic mass is 10.1. The van der Waals surface area contributed by atoms with Gasteiger partial charge in [0.1, 0.15) is 0 Å². The smallest absolute Gasteiger partial charge is 0.330 e. The molecule has 0 aliphatic rings. The van der Waals surface area contributed by atoms with Crippen molar-refractivity contribution in [3.63, 3.8) is 0 Å². The predicted molar refractivity (Wildman–Crippen MR) is 81.2 cm³/mol. The molecule has 6 heteroatoms. The maximum Gasteiger partial charge on any atom is 0.330 e. The van der Waals surface area contributed by atoms with Gasteiger partial charge in [0.2, 0.25) is 10.0 Å². The van der Waals surface area contributed by atoms with Gasteiger partial charge in [-0.1, -0.05) is 45.6 Å². The monoisotopic (exact) mass is 305 g/mol. The standard InChI is InChI=1S/C14H27NO4S/c1-3-4-5-6-7-8-12-20(18,19)15-11-9-10-13(2)14(16)17/h15H,2-12H2,1H3,(H,16,17). The van der Waals surface area contributed by atoms with Crippen molar-refractivity contribution in [2.75, 3.05) is 12.3 Å². The van der Waals surface area contributed by atoms with Gasteiger partial charge in [-0.2, -0.15) is 0 Å². The van der Waals surface area contributed by atoms with Crippen LogP contribution in [0.5, 0.6) is 0 Å². The summed E-state index contributed by atoms with van der Waals surface area (Å²) in [6, 6.07) is 0. The Bertz CT molecular complexity index is 390. The lowest BCUT2D eigenvalue weighted by Crippen LogP contribution is -2.27. The molecule has 0 unspecified atom stereocenters. The third kappa shape index (κ3) is 11.0. The largest absolute Gasteiger partial charge is 0.478 e. The van der Waals surface area contributed by atoms with E-state index < -0.39 is 16.0 Å². The number of hydrogen-bond acceptors (Lipinski definition) is 3. The first-order chi connectivity index (χ1) is 9.39. The third-order valence-corrected chi connectivity index (χ3v) is 4.52. The van der Waals surface area contributed by atoms with E-state index in [2.05, 4.69) is 18.2 Å². The summed E-state index contributed by atoms with van der Waals surface area (Å²) in [6.45, 7) is 5.81. The van der Waals surface area contributed by atoms with E-state index in [-0.39, 0.29) is 17.9 Å². The van der Waals surface area contributed by atoms with E-state index in [1.807, 2.05) is 0 Å². The summed E-state index contributed by atoms with van der Waals surface area (Å²) in [5.41, 5.74) is 0.111. The Morgan fingerprint density at radius 1 is 1.10 bits per heavy atom. The minimum Gasteiger partial charge on any atom is -0.478 e. The van der Waals surface area contributed by atoms with Crippen molar-refractivity contribution in [3.05, 3.63) is 12.2 Å². The Balaban J connectivity index is 3.64. The van der Waals surface area contributed by atoms with Gasteiger partial charge in [0.25, 0.3) is 0 Å². The number of unbranched alkanes of at least 4 members (excludes halogenated alkanes) is 5. The molecule has 0 saturated heterocycles. The molecule has 0 bridgehead atoms. The molecule has 0 aromatic carbocycles. The molecule has 0 fully saturated rings. The fourth-order valence-corrected chi connectivity index (χ4v) is 2.96. The molecule has 0 amide bonds. The molecule has 0 rings (SSSR count). The van der Waals surface area contributed by atoms with Gasteiger partial charge in [-0.3, -0.25) is 0 Å². The topological polar surface area (TPSA) is 83.5 Å². The van der Waals surface area contributed by atoms with Crippen LogP contribution in [0, 0.1) is 0 Å². The Morgan fingerprint density at radius 3 is 2.30 bits per heavy atom. The second kappa shape index (κ2) is 10.9. The van der Waals surface area contributed by atoms with E-state index in [1.54, 1.807) is 0 Å². The van der Waals surface area contributed by atoms with E-state index >= 15 is 0 Å². The summed E-state index contributed by atoms with van der Waals surface area (Å²) in [7, 11) is -3.22. The van der Waals surface area contributed by atoms with E-state index in [1.165, 1.54) is 19.3 Å². The van der Waals surface area contributed by atoms with E-state index in [4.69, 9.17) is 5.11 Å². The quantitative estimate of drug-likeness (QED) is 0.405. The van der Waals surface area contributed by atoms with Crippen LogP contribution < -0.4 is 4.72 Å². The second-order valence-electron chi connectivity index (χ2n) is 4.99. The first-order valence-electron chi connectivity index (χ1n) is 7.27. The Morgan fingerprint density at radius 2 is 1.70 bits per heavy atom. The van der Waals surface area contributed by atoms with Gasteiger partial charge in [-0.25, -0.2) is 17.9 Å². The second-order valence-corrected chi connectivity index (χ2v) is 6.92. The summed E-state index contributed by atoms with van der Waals surface area (Å²) < 4.78 is 25.8. The number of carboxylic acid groups (broad SMARTS) is 1. The number of carbonyl (C=O) groups is 1. The zero-order chi connectivity index (χ0) is 15.4. The van der Waals surface area contributed by atoms with Crippen molar-refractivity contribution in [2.24, 2.45) is 0 Å². The molecule has 5 nitrogen and oxygen atoms in total. The van der Waals surface area contributed by atoms with Crippen LogP contribution in [0.15, 0.2) is 12.2 Å². The van der Waals surface area contributed by atoms with Crippen molar-refractivity contribution in [1.29, 1.82) is 0 Å². The number of carboxylic acids is 1. The summed E-state index contributed by atoms with van der Waals surface area (Å²) >= 11 is 0. The maximum absolute atomic E-state index is 11.6. The number of nitrogens with one attached hydrogen (secondary N) is 1. The van der Waals surface area contributed by atoms with Gasteiger partial charge in [0.15, 0.2) is 0 Å². The third-order valence-electron chi connectivity index (χ3n) is 3.05. The minimum atomic E-state index is -3.22. The van der Waals surface area contributed by atoms with Gasteiger partial charge in [0.05, 0.1) is 5.75 Å². The maximum atomic E-state index is 11.6. The van der Waals surface area contributed by atoms with Gasteiger partial charge in [-0.05, 0) is 19.3 Å². The molecule has 0 spiro atoms. The average molecular weight is 305 g/mol. The molecule has 0 aliphatic heterocycles. The normalized spacial score (nSPS) is 11.4.